The highest BCUT2D eigenvalue weighted by molar-refractivity contribution is 9.11. The molecule has 2 nitrogen and oxygen atoms in total. The van der Waals surface area contributed by atoms with E-state index in [1.165, 1.54) is 0 Å². The van der Waals surface area contributed by atoms with Crippen LogP contribution in [0.2, 0.25) is 0 Å². The van der Waals surface area contributed by atoms with E-state index in [9.17, 15) is 9.18 Å². The van der Waals surface area contributed by atoms with Gasteiger partial charge >= 0.3 is 5.97 Å². The van der Waals surface area contributed by atoms with Gasteiger partial charge in [-0.2, -0.15) is 0 Å². The summed E-state index contributed by atoms with van der Waals surface area (Å²) in [6.07, 6.45) is 0. The second-order valence-corrected chi connectivity index (χ2v) is 3.96. The van der Waals surface area contributed by atoms with Crippen LogP contribution in [0.4, 0.5) is 4.39 Å². The zero-order chi connectivity index (χ0) is 7.72. The van der Waals surface area contributed by atoms with Crippen LogP contribution in [0.1, 0.15) is 9.67 Å². The fraction of sp³-hybridized carbons (Fsp3) is 0. The van der Waals surface area contributed by atoms with Gasteiger partial charge in [-0.05, 0) is 22.0 Å². The molecule has 0 unspecified atom stereocenters. The van der Waals surface area contributed by atoms with E-state index in [4.69, 9.17) is 5.11 Å². The normalized spacial score (nSPS) is 9.80. The number of halogens is 2. The minimum Gasteiger partial charge on any atom is -0.477 e. The number of carboxylic acids is 1. The summed E-state index contributed by atoms with van der Waals surface area (Å²) in [5.74, 6) is -1.92. The van der Waals surface area contributed by atoms with Gasteiger partial charge in [0.25, 0.3) is 0 Å². The van der Waals surface area contributed by atoms with Crippen LogP contribution in [0.25, 0.3) is 0 Å². The molecule has 0 amide bonds. The maximum Gasteiger partial charge on any atom is 0.348 e. The summed E-state index contributed by atoms with van der Waals surface area (Å²) in [6.45, 7) is 0. The van der Waals surface area contributed by atoms with Crippen molar-refractivity contribution < 1.29 is 14.3 Å². The smallest absolute Gasteiger partial charge is 0.348 e. The molecule has 5 heteroatoms. The Balaban J connectivity index is 3.15. The summed E-state index contributed by atoms with van der Waals surface area (Å²) in [4.78, 5) is 9.93. The van der Waals surface area contributed by atoms with E-state index in [0.29, 0.717) is 3.79 Å². The zero-order valence-corrected chi connectivity index (χ0v) is 7.00. The van der Waals surface area contributed by atoms with Gasteiger partial charge in [0.05, 0.1) is 3.79 Å². The first-order valence-corrected chi connectivity index (χ1v) is 3.90. The molecular formula is C5H2BrFO2S. The van der Waals surface area contributed by atoms with Gasteiger partial charge in [-0.1, -0.05) is 0 Å². The molecule has 0 aromatic carbocycles. The van der Waals surface area contributed by atoms with Gasteiger partial charge in [-0.25, -0.2) is 9.18 Å². The Morgan fingerprint density at radius 3 is 2.60 bits per heavy atom. The van der Waals surface area contributed by atoms with Crippen LogP contribution in [0.15, 0.2) is 9.85 Å². The van der Waals surface area contributed by atoms with Crippen molar-refractivity contribution >= 4 is 33.2 Å². The molecule has 0 radical (unpaired) electrons. The van der Waals surface area contributed by atoms with Crippen molar-refractivity contribution in [2.45, 2.75) is 0 Å². The molecule has 0 aliphatic rings. The zero-order valence-electron chi connectivity index (χ0n) is 4.60. The second kappa shape index (κ2) is 2.67. The number of hydrogen-bond donors (Lipinski definition) is 1. The minimum absolute atomic E-state index is 0.258. The van der Waals surface area contributed by atoms with Gasteiger partial charge < -0.3 is 5.11 Å². The quantitative estimate of drug-likeness (QED) is 0.796. The Kier molecular flexibility index (Phi) is 2.05. The van der Waals surface area contributed by atoms with Gasteiger partial charge in [0, 0.05) is 0 Å². The number of rotatable bonds is 1. The summed E-state index contributed by atoms with van der Waals surface area (Å²) >= 11 is 3.83. The molecular weight excluding hydrogens is 223 g/mol. The number of carbonyl (C=O) groups is 1. The number of carboxylic acid groups (broad SMARTS) is 1. The standard InChI is InChI=1S/C5H2BrFO2S/c6-3-1-2(7)4(10-3)5(8)9/h1H,(H,8,9). The molecule has 54 valence electrons. The fourth-order valence-corrected chi connectivity index (χ4v) is 1.77. The Bertz CT molecular complexity index is 271. The fourth-order valence-electron chi connectivity index (χ4n) is 0.487. The predicted octanol–water partition coefficient (Wildman–Crippen LogP) is 2.35. The average Bonchev–Trinajstić information content (AvgIpc) is 2.10. The highest BCUT2D eigenvalue weighted by atomic mass is 79.9. The van der Waals surface area contributed by atoms with Gasteiger partial charge in [0.15, 0.2) is 0 Å². The lowest BCUT2D eigenvalue weighted by molar-refractivity contribution is 0.0698. The lowest BCUT2D eigenvalue weighted by Gasteiger charge is -1.82. The lowest BCUT2D eigenvalue weighted by Crippen LogP contribution is -1.93. The monoisotopic (exact) mass is 224 g/mol. The van der Waals surface area contributed by atoms with Crippen LogP contribution in [0.5, 0.6) is 0 Å². The van der Waals surface area contributed by atoms with Crippen LogP contribution in [-0.4, -0.2) is 11.1 Å². The van der Waals surface area contributed by atoms with Crippen LogP contribution in [0.3, 0.4) is 0 Å². The van der Waals surface area contributed by atoms with Crippen molar-refractivity contribution in [2.24, 2.45) is 0 Å². The van der Waals surface area contributed by atoms with E-state index < -0.39 is 11.8 Å². The molecule has 1 aromatic heterocycles. The number of thiophene rings is 1. The maximum absolute atomic E-state index is 12.5. The van der Waals surface area contributed by atoms with Crippen molar-refractivity contribution in [1.82, 2.24) is 0 Å². The number of hydrogen-bond acceptors (Lipinski definition) is 2. The molecule has 1 N–H and O–H groups in total. The first-order valence-electron chi connectivity index (χ1n) is 2.29. The van der Waals surface area contributed by atoms with Crippen molar-refractivity contribution in [3.8, 4) is 0 Å². The molecule has 0 spiro atoms. The molecule has 1 aromatic rings. The van der Waals surface area contributed by atoms with Crippen LogP contribution >= 0.6 is 27.3 Å². The molecule has 0 bridgehead atoms. The Morgan fingerprint density at radius 1 is 1.80 bits per heavy atom. The van der Waals surface area contributed by atoms with Crippen LogP contribution in [0, 0.1) is 5.82 Å². The average molecular weight is 225 g/mol. The van der Waals surface area contributed by atoms with E-state index in [1.54, 1.807) is 0 Å². The summed E-state index contributed by atoms with van der Waals surface area (Å²) in [7, 11) is 0. The van der Waals surface area contributed by atoms with E-state index >= 15 is 0 Å². The van der Waals surface area contributed by atoms with Gasteiger partial charge in [-0.15, -0.1) is 11.3 Å². The van der Waals surface area contributed by atoms with Crippen molar-refractivity contribution in [3.05, 3.63) is 20.5 Å². The third-order valence-electron chi connectivity index (χ3n) is 0.851. The molecule has 1 rings (SSSR count). The first-order chi connectivity index (χ1) is 4.61. The maximum atomic E-state index is 12.5. The molecule has 0 fully saturated rings. The van der Waals surface area contributed by atoms with Crippen molar-refractivity contribution in [3.63, 3.8) is 0 Å². The largest absolute Gasteiger partial charge is 0.477 e. The van der Waals surface area contributed by atoms with E-state index in [2.05, 4.69) is 15.9 Å². The van der Waals surface area contributed by atoms with Crippen LogP contribution in [-0.2, 0) is 0 Å². The molecule has 0 atom stereocenters. The predicted molar refractivity (Wildman–Crippen MR) is 38.9 cm³/mol. The highest BCUT2D eigenvalue weighted by Gasteiger charge is 2.13. The third kappa shape index (κ3) is 1.35. The molecule has 1 heterocycles. The Hall–Kier alpha value is -0.420. The summed E-state index contributed by atoms with van der Waals surface area (Å²) in [6, 6.07) is 1.13. The first kappa shape index (κ1) is 7.68. The van der Waals surface area contributed by atoms with E-state index in [-0.39, 0.29) is 4.88 Å². The molecule has 0 aliphatic carbocycles. The summed E-state index contributed by atoms with van der Waals surface area (Å²) < 4.78 is 12.9. The molecule has 0 saturated carbocycles. The van der Waals surface area contributed by atoms with Gasteiger partial charge in [0.1, 0.15) is 10.7 Å². The molecule has 0 aliphatic heterocycles. The Morgan fingerprint density at radius 2 is 2.40 bits per heavy atom. The molecule has 10 heavy (non-hydrogen) atoms. The minimum atomic E-state index is -1.23. The van der Waals surface area contributed by atoms with Gasteiger partial charge in [-0.3, -0.25) is 0 Å². The highest BCUT2D eigenvalue weighted by Crippen LogP contribution is 2.25. The van der Waals surface area contributed by atoms with Crippen molar-refractivity contribution in [1.29, 1.82) is 0 Å². The number of aromatic carboxylic acids is 1. The van der Waals surface area contributed by atoms with E-state index in [0.717, 1.165) is 17.4 Å². The summed E-state index contributed by atoms with van der Waals surface area (Å²) in [5, 5.41) is 8.33. The van der Waals surface area contributed by atoms with Gasteiger partial charge in [0.2, 0.25) is 0 Å². The van der Waals surface area contributed by atoms with E-state index in [1.807, 2.05) is 0 Å². The topological polar surface area (TPSA) is 37.3 Å². The Labute approximate surface area is 68.4 Å². The SMILES string of the molecule is O=C(O)c1sc(Br)cc1F. The van der Waals surface area contributed by atoms with Crippen molar-refractivity contribution in [2.75, 3.05) is 0 Å². The molecule has 0 saturated heterocycles. The lowest BCUT2D eigenvalue weighted by atomic mass is 10.4. The second-order valence-electron chi connectivity index (χ2n) is 1.53. The third-order valence-corrected chi connectivity index (χ3v) is 2.45. The van der Waals surface area contributed by atoms with Crippen LogP contribution < -0.4 is 0 Å². The summed E-state index contributed by atoms with van der Waals surface area (Å²) in [5.41, 5.74) is 0.